The number of allylic oxidation sites excluding steroid dienone is 2. The van der Waals surface area contributed by atoms with Crippen molar-refractivity contribution < 1.29 is 13.9 Å². The number of nitrogens with two attached hydrogens (primary N) is 1. The molecule has 2 rings (SSSR count). The Morgan fingerprint density at radius 2 is 2.00 bits per heavy atom. The van der Waals surface area contributed by atoms with E-state index in [1.54, 1.807) is 6.08 Å². The van der Waals surface area contributed by atoms with E-state index in [1.165, 1.54) is 21.0 Å². The standard InChI is InChI=1S/C18H27FN2O3/c1-12-11-14(16(23-4)6-5-15(12)20)18(21-22,17(2,3)19)13-7-9-24-10-8-13/h5,11,13H,6-10,20H2,1-4H3. The van der Waals surface area contributed by atoms with Gasteiger partial charge in [0.05, 0.1) is 7.11 Å². The van der Waals surface area contributed by atoms with E-state index in [4.69, 9.17) is 15.2 Å². The number of alkyl halides is 1. The van der Waals surface area contributed by atoms with E-state index >= 15 is 4.39 Å². The number of hydrogen-bond acceptors (Lipinski definition) is 5. The molecule has 1 heterocycles. The largest absolute Gasteiger partial charge is 0.500 e. The Bertz CT molecular complexity index is 584. The molecule has 2 N–H and O–H groups in total. The summed E-state index contributed by atoms with van der Waals surface area (Å²) in [6, 6.07) is 0. The van der Waals surface area contributed by atoms with Crippen molar-refractivity contribution in [3.05, 3.63) is 39.7 Å². The molecule has 0 bridgehead atoms. The molecule has 1 saturated heterocycles. The summed E-state index contributed by atoms with van der Waals surface area (Å²) in [6.07, 6.45) is 5.14. The van der Waals surface area contributed by atoms with Crippen LogP contribution in [0.25, 0.3) is 0 Å². The fraction of sp³-hybridized carbons (Fsp3) is 0.667. The van der Waals surface area contributed by atoms with E-state index in [0.29, 0.717) is 49.5 Å². The lowest BCUT2D eigenvalue weighted by Gasteiger charge is -2.44. The molecule has 0 aromatic carbocycles. The molecule has 1 aliphatic carbocycles. The van der Waals surface area contributed by atoms with Crippen LogP contribution < -0.4 is 5.73 Å². The molecule has 24 heavy (non-hydrogen) atoms. The van der Waals surface area contributed by atoms with Gasteiger partial charge >= 0.3 is 0 Å². The first kappa shape index (κ1) is 18.6. The topological polar surface area (TPSA) is 73.9 Å². The molecule has 0 amide bonds. The van der Waals surface area contributed by atoms with Crippen LogP contribution >= 0.6 is 0 Å². The van der Waals surface area contributed by atoms with E-state index in [-0.39, 0.29) is 5.92 Å². The average Bonchev–Trinajstić information content (AvgIpc) is 2.68. The van der Waals surface area contributed by atoms with Crippen molar-refractivity contribution in [2.45, 2.75) is 51.2 Å². The van der Waals surface area contributed by atoms with Crippen LogP contribution in [0.1, 0.15) is 40.0 Å². The molecule has 1 atom stereocenters. The van der Waals surface area contributed by atoms with Crippen molar-refractivity contribution >= 4 is 0 Å². The van der Waals surface area contributed by atoms with Crippen molar-refractivity contribution in [1.29, 1.82) is 0 Å². The SMILES string of the molecule is COC1=C(C(N=O)(C2CCOCC2)C(C)(C)F)C=C(C)C(N)=CC1. The molecule has 1 fully saturated rings. The highest BCUT2D eigenvalue weighted by Crippen LogP contribution is 2.49. The minimum atomic E-state index is -1.86. The monoisotopic (exact) mass is 338 g/mol. The van der Waals surface area contributed by atoms with Crippen LogP contribution in [-0.2, 0) is 9.47 Å². The Hall–Kier alpha value is -1.69. The van der Waals surface area contributed by atoms with Crippen LogP contribution in [0.15, 0.2) is 39.9 Å². The maximum absolute atomic E-state index is 15.4. The zero-order valence-electron chi connectivity index (χ0n) is 14.9. The maximum atomic E-state index is 15.4. The molecule has 0 spiro atoms. The van der Waals surface area contributed by atoms with Gasteiger partial charge in [-0.05, 0) is 51.2 Å². The van der Waals surface area contributed by atoms with Crippen molar-refractivity contribution in [3.63, 3.8) is 0 Å². The number of nitrogens with zero attached hydrogens (tertiary/aromatic N) is 1. The molecule has 0 aromatic heterocycles. The number of methoxy groups -OCH3 is 1. The van der Waals surface area contributed by atoms with Crippen LogP contribution in [-0.4, -0.2) is 31.5 Å². The van der Waals surface area contributed by atoms with Gasteiger partial charge in [0.1, 0.15) is 11.4 Å². The zero-order chi connectivity index (χ0) is 18.0. The number of ether oxygens (including phenoxy) is 2. The second-order valence-corrected chi connectivity index (χ2v) is 6.95. The van der Waals surface area contributed by atoms with Crippen LogP contribution in [0.4, 0.5) is 4.39 Å². The molecular formula is C18H27FN2O3. The van der Waals surface area contributed by atoms with Gasteiger partial charge in [-0.1, -0.05) is 11.3 Å². The van der Waals surface area contributed by atoms with E-state index < -0.39 is 11.2 Å². The molecule has 0 aromatic rings. The normalized spacial score (nSPS) is 23.0. The summed E-state index contributed by atoms with van der Waals surface area (Å²) in [5.74, 6) is 0.277. The van der Waals surface area contributed by atoms with Crippen molar-refractivity contribution in [3.8, 4) is 0 Å². The number of halogens is 1. The third kappa shape index (κ3) is 3.11. The summed E-state index contributed by atoms with van der Waals surface area (Å²) in [7, 11) is 1.53. The third-order valence-corrected chi connectivity index (χ3v) is 5.14. The highest BCUT2D eigenvalue weighted by molar-refractivity contribution is 5.47. The predicted octanol–water partition coefficient (Wildman–Crippen LogP) is 3.76. The van der Waals surface area contributed by atoms with Gasteiger partial charge in [-0.25, -0.2) is 4.39 Å². The molecule has 5 nitrogen and oxygen atoms in total. The van der Waals surface area contributed by atoms with E-state index in [1.807, 2.05) is 13.0 Å². The average molecular weight is 338 g/mol. The fourth-order valence-electron chi connectivity index (χ4n) is 3.74. The minimum Gasteiger partial charge on any atom is -0.500 e. The van der Waals surface area contributed by atoms with Crippen LogP contribution in [0.2, 0.25) is 0 Å². The van der Waals surface area contributed by atoms with Gasteiger partial charge in [0, 0.05) is 30.9 Å². The number of nitroso groups, excluding NO2 is 1. The molecule has 2 aliphatic rings. The number of rotatable bonds is 5. The summed E-state index contributed by atoms with van der Waals surface area (Å²) in [5, 5.41) is 3.41. The van der Waals surface area contributed by atoms with Gasteiger partial charge in [-0.3, -0.25) is 0 Å². The molecular weight excluding hydrogens is 311 g/mol. The first-order valence-corrected chi connectivity index (χ1v) is 8.31. The lowest BCUT2D eigenvalue weighted by atomic mass is 9.65. The highest BCUT2D eigenvalue weighted by atomic mass is 19.1. The summed E-state index contributed by atoms with van der Waals surface area (Å²) in [5.41, 5.74) is 4.50. The highest BCUT2D eigenvalue weighted by Gasteiger charge is 2.57. The quantitative estimate of drug-likeness (QED) is 0.775. The van der Waals surface area contributed by atoms with E-state index in [2.05, 4.69) is 5.18 Å². The van der Waals surface area contributed by atoms with Gasteiger partial charge < -0.3 is 15.2 Å². The van der Waals surface area contributed by atoms with Gasteiger partial charge in [0.25, 0.3) is 0 Å². The van der Waals surface area contributed by atoms with Gasteiger partial charge in [0.2, 0.25) is 0 Å². The van der Waals surface area contributed by atoms with Crippen molar-refractivity contribution in [2.24, 2.45) is 16.8 Å². The van der Waals surface area contributed by atoms with Gasteiger partial charge in [-0.15, -0.1) is 4.91 Å². The Kier molecular flexibility index (Phi) is 5.48. The Labute approximate surface area is 142 Å². The lowest BCUT2D eigenvalue weighted by molar-refractivity contribution is -0.000267. The van der Waals surface area contributed by atoms with Crippen molar-refractivity contribution in [2.75, 3.05) is 20.3 Å². The Balaban J connectivity index is 2.69. The van der Waals surface area contributed by atoms with Crippen LogP contribution in [0, 0.1) is 10.8 Å². The minimum absolute atomic E-state index is 0.257. The Morgan fingerprint density at radius 1 is 1.38 bits per heavy atom. The predicted molar refractivity (Wildman–Crippen MR) is 91.9 cm³/mol. The summed E-state index contributed by atoms with van der Waals surface area (Å²) in [4.78, 5) is 12.1. The molecule has 134 valence electrons. The lowest BCUT2D eigenvalue weighted by Crippen LogP contribution is -2.54. The van der Waals surface area contributed by atoms with Crippen LogP contribution in [0.5, 0.6) is 0 Å². The molecule has 1 unspecified atom stereocenters. The van der Waals surface area contributed by atoms with Gasteiger partial charge in [-0.2, -0.15) is 0 Å². The van der Waals surface area contributed by atoms with E-state index in [9.17, 15) is 4.91 Å². The first-order chi connectivity index (χ1) is 11.3. The second kappa shape index (κ2) is 7.05. The number of hydrogen-bond donors (Lipinski definition) is 1. The Morgan fingerprint density at radius 3 is 2.50 bits per heavy atom. The molecule has 0 saturated carbocycles. The first-order valence-electron chi connectivity index (χ1n) is 8.31. The summed E-state index contributed by atoms with van der Waals surface area (Å²) in [6.45, 7) is 5.66. The zero-order valence-corrected chi connectivity index (χ0v) is 14.9. The molecule has 6 heteroatoms. The summed E-state index contributed by atoms with van der Waals surface area (Å²) < 4.78 is 26.4. The molecule has 0 radical (unpaired) electrons. The smallest absolute Gasteiger partial charge is 0.167 e. The third-order valence-electron chi connectivity index (χ3n) is 5.14. The van der Waals surface area contributed by atoms with Crippen molar-refractivity contribution in [1.82, 2.24) is 0 Å². The van der Waals surface area contributed by atoms with Gasteiger partial charge in [0.15, 0.2) is 5.54 Å². The maximum Gasteiger partial charge on any atom is 0.167 e. The summed E-state index contributed by atoms with van der Waals surface area (Å²) >= 11 is 0. The van der Waals surface area contributed by atoms with E-state index in [0.717, 1.165) is 5.57 Å². The molecule has 1 aliphatic heterocycles. The second-order valence-electron chi connectivity index (χ2n) is 6.95. The van der Waals surface area contributed by atoms with Crippen LogP contribution in [0.3, 0.4) is 0 Å². The fourth-order valence-corrected chi connectivity index (χ4v) is 3.74.